The number of sulfonamides is 1. The summed E-state index contributed by atoms with van der Waals surface area (Å²) >= 11 is 0. The minimum absolute atomic E-state index is 0.0693. The van der Waals surface area contributed by atoms with Gasteiger partial charge in [-0.2, -0.15) is 0 Å². The van der Waals surface area contributed by atoms with Gasteiger partial charge in [0.05, 0.1) is 10.5 Å². The fourth-order valence-corrected chi connectivity index (χ4v) is 4.43. The Morgan fingerprint density at radius 1 is 1.35 bits per heavy atom. The molecule has 0 radical (unpaired) electrons. The second kappa shape index (κ2) is 7.14. The summed E-state index contributed by atoms with van der Waals surface area (Å²) in [6.07, 6.45) is 1.14. The highest BCUT2D eigenvalue weighted by Crippen LogP contribution is 2.37. The second-order valence-electron chi connectivity index (χ2n) is 6.20. The number of hydrogen-bond acceptors (Lipinski definition) is 6. The van der Waals surface area contributed by atoms with E-state index in [1.165, 1.54) is 18.2 Å². The summed E-state index contributed by atoms with van der Waals surface area (Å²) in [6.45, 7) is 2.37. The topological polar surface area (TPSA) is 134 Å². The van der Waals surface area contributed by atoms with Crippen LogP contribution in [0.1, 0.15) is 47.7 Å². The molecule has 1 saturated carbocycles. The first kappa shape index (κ1) is 18.5. The average Bonchev–Trinajstić information content (AvgIpc) is 3.00. The van der Waals surface area contributed by atoms with E-state index in [1.807, 2.05) is 11.5 Å². The first-order valence-electron chi connectivity index (χ1n) is 8.24. The van der Waals surface area contributed by atoms with Crippen molar-refractivity contribution in [3.05, 3.63) is 41.5 Å². The summed E-state index contributed by atoms with van der Waals surface area (Å²) in [6, 6.07) is 5.01. The number of carboxylic acid groups (broad SMARTS) is 1. The molecule has 0 unspecified atom stereocenters. The highest BCUT2D eigenvalue weighted by molar-refractivity contribution is 7.89. The van der Waals surface area contributed by atoms with Crippen LogP contribution in [-0.2, 0) is 23.2 Å². The first-order valence-corrected chi connectivity index (χ1v) is 9.72. The zero-order valence-corrected chi connectivity index (χ0v) is 15.0. The van der Waals surface area contributed by atoms with Gasteiger partial charge in [0.2, 0.25) is 10.0 Å². The maximum atomic E-state index is 12.5. The zero-order valence-electron chi connectivity index (χ0n) is 14.2. The van der Waals surface area contributed by atoms with Gasteiger partial charge in [-0.3, -0.25) is 0 Å². The molecular formula is C16H20N4O5S. The van der Waals surface area contributed by atoms with Gasteiger partial charge in [0.25, 0.3) is 0 Å². The molecule has 0 amide bonds. The van der Waals surface area contributed by atoms with Crippen molar-refractivity contribution >= 4 is 16.0 Å². The number of rotatable bonds is 7. The number of aromatic carboxylic acids is 1. The molecule has 140 valence electrons. The molecule has 0 spiro atoms. The van der Waals surface area contributed by atoms with Crippen LogP contribution in [0.15, 0.2) is 29.2 Å². The zero-order chi connectivity index (χ0) is 18.9. The minimum Gasteiger partial charge on any atom is -0.478 e. The Labute approximate surface area is 150 Å². The Morgan fingerprint density at radius 2 is 2.08 bits per heavy atom. The van der Waals surface area contributed by atoms with Crippen molar-refractivity contribution in [2.75, 3.05) is 0 Å². The van der Waals surface area contributed by atoms with Crippen LogP contribution in [0.3, 0.4) is 0 Å². The molecule has 26 heavy (non-hydrogen) atoms. The molecule has 0 aliphatic heterocycles. The number of benzene rings is 1. The number of aliphatic hydroxyl groups is 1. The van der Waals surface area contributed by atoms with Crippen LogP contribution in [0.5, 0.6) is 0 Å². The third-order valence-corrected chi connectivity index (χ3v) is 6.05. The van der Waals surface area contributed by atoms with Crippen LogP contribution in [0, 0.1) is 0 Å². The maximum Gasteiger partial charge on any atom is 0.335 e. The number of nitrogens with one attached hydrogen (secondary N) is 1. The van der Waals surface area contributed by atoms with E-state index in [4.69, 9.17) is 5.11 Å². The molecule has 1 fully saturated rings. The minimum atomic E-state index is -3.79. The third-order valence-electron chi connectivity index (χ3n) is 4.53. The molecule has 2 aromatic rings. The Morgan fingerprint density at radius 3 is 2.69 bits per heavy atom. The normalized spacial score (nSPS) is 19.9. The van der Waals surface area contributed by atoms with Crippen molar-refractivity contribution in [2.24, 2.45) is 0 Å². The van der Waals surface area contributed by atoms with E-state index in [2.05, 4.69) is 14.9 Å². The number of aliphatic hydroxyl groups excluding tert-OH is 1. The van der Waals surface area contributed by atoms with E-state index < -0.39 is 16.0 Å². The fraction of sp³-hybridized carbons (Fsp3) is 0.438. The van der Waals surface area contributed by atoms with Gasteiger partial charge in [-0.25, -0.2) is 17.9 Å². The van der Waals surface area contributed by atoms with Crippen LogP contribution in [0.2, 0.25) is 0 Å². The Balaban J connectivity index is 1.68. The van der Waals surface area contributed by atoms with Crippen LogP contribution < -0.4 is 4.72 Å². The SMILES string of the molecule is CCn1c(CO)nnc1C1CC(NS(=O)(=O)c2cccc(C(=O)O)c2)C1. The number of aromatic nitrogens is 3. The lowest BCUT2D eigenvalue weighted by Gasteiger charge is -2.35. The lowest BCUT2D eigenvalue weighted by atomic mass is 9.80. The largest absolute Gasteiger partial charge is 0.478 e. The summed E-state index contributed by atoms with van der Waals surface area (Å²) in [5, 5.41) is 26.3. The molecule has 1 aromatic carbocycles. The lowest BCUT2D eigenvalue weighted by Crippen LogP contribution is -2.44. The van der Waals surface area contributed by atoms with E-state index in [-0.39, 0.29) is 29.0 Å². The molecule has 1 heterocycles. The van der Waals surface area contributed by atoms with Crippen molar-refractivity contribution < 1.29 is 23.4 Å². The molecule has 3 rings (SSSR count). The van der Waals surface area contributed by atoms with Gasteiger partial charge < -0.3 is 14.8 Å². The van der Waals surface area contributed by atoms with Crippen LogP contribution in [0.4, 0.5) is 0 Å². The Bertz CT molecular complexity index is 918. The van der Waals surface area contributed by atoms with E-state index in [0.717, 1.165) is 11.9 Å². The van der Waals surface area contributed by atoms with Crippen LogP contribution >= 0.6 is 0 Å². The molecular weight excluding hydrogens is 360 g/mol. The predicted octanol–water partition coefficient (Wildman–Crippen LogP) is 0.713. The quantitative estimate of drug-likeness (QED) is 0.644. The van der Waals surface area contributed by atoms with Gasteiger partial charge in [0, 0.05) is 18.5 Å². The maximum absolute atomic E-state index is 12.5. The van der Waals surface area contributed by atoms with Gasteiger partial charge >= 0.3 is 5.97 Å². The van der Waals surface area contributed by atoms with Gasteiger partial charge in [-0.05, 0) is 38.0 Å². The predicted molar refractivity (Wildman–Crippen MR) is 91.1 cm³/mol. The van der Waals surface area contributed by atoms with Crippen molar-refractivity contribution in [3.8, 4) is 0 Å². The van der Waals surface area contributed by atoms with Crippen LogP contribution in [0.25, 0.3) is 0 Å². The summed E-state index contributed by atoms with van der Waals surface area (Å²) in [7, 11) is -3.79. The fourth-order valence-electron chi connectivity index (χ4n) is 3.12. The van der Waals surface area contributed by atoms with E-state index in [0.29, 0.717) is 25.2 Å². The van der Waals surface area contributed by atoms with Crippen molar-refractivity contribution in [2.45, 2.75) is 49.8 Å². The summed E-state index contributed by atoms with van der Waals surface area (Å²) in [4.78, 5) is 10.9. The van der Waals surface area contributed by atoms with Gasteiger partial charge in [-0.1, -0.05) is 6.07 Å². The smallest absolute Gasteiger partial charge is 0.335 e. The number of carboxylic acids is 1. The second-order valence-corrected chi connectivity index (χ2v) is 7.91. The number of nitrogens with zero attached hydrogens (tertiary/aromatic N) is 3. The van der Waals surface area contributed by atoms with Crippen LogP contribution in [-0.4, -0.2) is 45.4 Å². The highest BCUT2D eigenvalue weighted by atomic mass is 32.2. The van der Waals surface area contributed by atoms with E-state index in [1.54, 1.807) is 0 Å². The molecule has 1 aliphatic carbocycles. The van der Waals surface area contributed by atoms with Gasteiger partial charge in [0.1, 0.15) is 12.4 Å². The molecule has 9 nitrogen and oxygen atoms in total. The van der Waals surface area contributed by atoms with Gasteiger partial charge in [-0.15, -0.1) is 10.2 Å². The number of hydrogen-bond donors (Lipinski definition) is 3. The average molecular weight is 380 g/mol. The molecule has 0 atom stereocenters. The number of carbonyl (C=O) groups is 1. The highest BCUT2D eigenvalue weighted by Gasteiger charge is 2.36. The molecule has 0 bridgehead atoms. The molecule has 10 heteroatoms. The first-order chi connectivity index (χ1) is 12.4. The van der Waals surface area contributed by atoms with E-state index in [9.17, 15) is 18.3 Å². The Kier molecular flexibility index (Phi) is 5.08. The summed E-state index contributed by atoms with van der Waals surface area (Å²) in [5.74, 6) is 0.141. The Hall–Kier alpha value is -2.30. The summed E-state index contributed by atoms with van der Waals surface area (Å²) in [5.41, 5.74) is -0.0769. The molecule has 0 saturated heterocycles. The molecule has 1 aliphatic rings. The molecule has 1 aromatic heterocycles. The van der Waals surface area contributed by atoms with Crippen molar-refractivity contribution in [1.82, 2.24) is 19.5 Å². The van der Waals surface area contributed by atoms with Crippen molar-refractivity contribution in [1.29, 1.82) is 0 Å². The van der Waals surface area contributed by atoms with Gasteiger partial charge in [0.15, 0.2) is 5.82 Å². The third kappa shape index (κ3) is 3.48. The van der Waals surface area contributed by atoms with Crippen molar-refractivity contribution in [3.63, 3.8) is 0 Å². The lowest BCUT2D eigenvalue weighted by molar-refractivity contribution is 0.0696. The molecule has 3 N–H and O–H groups in total. The monoisotopic (exact) mass is 380 g/mol. The van der Waals surface area contributed by atoms with E-state index >= 15 is 0 Å². The summed E-state index contributed by atoms with van der Waals surface area (Å²) < 4.78 is 29.4. The standard InChI is InChI=1S/C16H20N4O5S/c1-2-20-14(9-21)17-18-15(20)11-6-12(7-11)19-26(24,25)13-5-3-4-10(8-13)16(22)23/h3-5,8,11-12,19,21H,2,6-7,9H2,1H3,(H,22,23).